The molecular formula is C29H29Cl2N3O3. The van der Waals surface area contributed by atoms with Gasteiger partial charge < -0.3 is 15.0 Å². The molecule has 8 heteroatoms. The highest BCUT2D eigenvalue weighted by Crippen LogP contribution is 2.34. The third-order valence-corrected chi connectivity index (χ3v) is 6.92. The van der Waals surface area contributed by atoms with Gasteiger partial charge in [-0.1, -0.05) is 61.7 Å². The Bertz CT molecular complexity index is 1320. The van der Waals surface area contributed by atoms with E-state index in [1.807, 2.05) is 39.0 Å². The Kier molecular flexibility index (Phi) is 8.52. The molecule has 4 rings (SSSR count). The number of anilines is 2. The Morgan fingerprint density at radius 2 is 1.78 bits per heavy atom. The second-order valence-electron chi connectivity index (χ2n) is 8.88. The third-order valence-electron chi connectivity index (χ3n) is 6.35. The van der Waals surface area contributed by atoms with Crippen LogP contribution >= 0.6 is 23.2 Å². The molecule has 3 aromatic carbocycles. The number of carbonyl (C=O) groups is 2. The van der Waals surface area contributed by atoms with Gasteiger partial charge in [0.2, 0.25) is 5.91 Å². The molecule has 6 nitrogen and oxygen atoms in total. The van der Waals surface area contributed by atoms with Gasteiger partial charge in [0.05, 0.1) is 18.0 Å². The number of rotatable bonds is 8. The molecular weight excluding hydrogens is 509 g/mol. The number of benzodiazepines with no additional fused rings is 1. The number of aliphatic imine (C=N–C) groups is 1. The minimum absolute atomic E-state index is 0.0635. The number of ether oxygens (including phenoxy) is 1. The van der Waals surface area contributed by atoms with E-state index in [1.165, 1.54) is 4.90 Å². The topological polar surface area (TPSA) is 71.0 Å². The third kappa shape index (κ3) is 5.97. The second-order valence-corrected chi connectivity index (χ2v) is 9.72. The molecule has 0 saturated carbocycles. The molecule has 0 fully saturated rings. The smallest absolute Gasteiger partial charge is 0.252 e. The van der Waals surface area contributed by atoms with Gasteiger partial charge in [0.15, 0.2) is 0 Å². The van der Waals surface area contributed by atoms with Crippen molar-refractivity contribution in [2.75, 3.05) is 23.4 Å². The van der Waals surface area contributed by atoms with Crippen molar-refractivity contribution in [3.8, 4) is 5.75 Å². The van der Waals surface area contributed by atoms with E-state index in [9.17, 15) is 9.59 Å². The first kappa shape index (κ1) is 26.7. The van der Waals surface area contributed by atoms with Crippen LogP contribution in [-0.4, -0.2) is 36.7 Å². The molecule has 1 aliphatic rings. The van der Waals surface area contributed by atoms with Crippen LogP contribution in [0.1, 0.15) is 38.3 Å². The summed E-state index contributed by atoms with van der Waals surface area (Å²) in [4.78, 5) is 33.5. The van der Waals surface area contributed by atoms with Crippen molar-refractivity contribution in [1.82, 2.24) is 0 Å². The number of nitrogens with zero attached hydrogens (tertiary/aromatic N) is 2. The number of hydrogen-bond donors (Lipinski definition) is 1. The van der Waals surface area contributed by atoms with Crippen molar-refractivity contribution in [1.29, 1.82) is 0 Å². The van der Waals surface area contributed by atoms with Crippen molar-refractivity contribution in [2.45, 2.75) is 33.2 Å². The minimum atomic E-state index is -0.694. The quantitative estimate of drug-likeness (QED) is 0.350. The highest BCUT2D eigenvalue weighted by molar-refractivity contribution is 6.37. The molecule has 0 spiro atoms. The maximum Gasteiger partial charge on any atom is 0.252 e. The molecule has 1 aliphatic heterocycles. The predicted octanol–water partition coefficient (Wildman–Crippen LogP) is 6.63. The lowest BCUT2D eigenvalue weighted by molar-refractivity contribution is -0.123. The summed E-state index contributed by atoms with van der Waals surface area (Å²) in [6.45, 7) is 6.28. The number of carbonyl (C=O) groups excluding carboxylic acids is 2. The van der Waals surface area contributed by atoms with Crippen LogP contribution in [0.25, 0.3) is 0 Å². The summed E-state index contributed by atoms with van der Waals surface area (Å²) in [6.07, 6.45) is 0.735. The Morgan fingerprint density at radius 1 is 1.05 bits per heavy atom. The van der Waals surface area contributed by atoms with Crippen molar-refractivity contribution in [2.24, 2.45) is 10.9 Å². The molecule has 2 atom stereocenters. The molecule has 0 aliphatic carbocycles. The van der Waals surface area contributed by atoms with E-state index in [-0.39, 0.29) is 24.3 Å². The molecule has 3 aromatic rings. The monoisotopic (exact) mass is 537 g/mol. The molecule has 0 radical (unpaired) electrons. The van der Waals surface area contributed by atoms with E-state index in [4.69, 9.17) is 32.9 Å². The Morgan fingerprint density at radius 3 is 2.46 bits per heavy atom. The summed E-state index contributed by atoms with van der Waals surface area (Å²) >= 11 is 13.0. The number of amides is 2. The fourth-order valence-electron chi connectivity index (χ4n) is 4.25. The maximum atomic E-state index is 13.9. The largest absolute Gasteiger partial charge is 0.494 e. The number of benzene rings is 3. The second kappa shape index (κ2) is 11.8. The summed E-state index contributed by atoms with van der Waals surface area (Å²) in [6, 6.07) is 19.0. The van der Waals surface area contributed by atoms with Gasteiger partial charge in [-0.05, 0) is 61.4 Å². The normalized spacial score (nSPS) is 15.9. The first-order chi connectivity index (χ1) is 17.8. The predicted molar refractivity (Wildman–Crippen MR) is 150 cm³/mol. The van der Waals surface area contributed by atoms with E-state index < -0.39 is 6.04 Å². The van der Waals surface area contributed by atoms with Crippen LogP contribution < -0.4 is 15.0 Å². The fourth-order valence-corrected chi connectivity index (χ4v) is 4.64. The Balaban J connectivity index is 1.74. The average molecular weight is 538 g/mol. The van der Waals surface area contributed by atoms with Gasteiger partial charge in [-0.15, -0.1) is 0 Å². The van der Waals surface area contributed by atoms with Crippen LogP contribution in [0.3, 0.4) is 0 Å². The number of halogens is 2. The molecule has 0 bridgehead atoms. The zero-order valence-corrected chi connectivity index (χ0v) is 22.5. The Hall–Kier alpha value is -3.35. The lowest BCUT2D eigenvalue weighted by atomic mass is 9.97. The maximum absolute atomic E-state index is 13.9. The first-order valence-corrected chi connectivity index (χ1v) is 13.0. The standard InChI is InChI=1S/C29H29Cl2N3O3/c1-4-18(3)27-29(36)34(17-26(35)32-20-11-13-21(14-12-20)37-5-2)25-15-10-19(30)16-23(25)28(33-27)22-8-6-7-9-24(22)31/h6-16,18,27H,4-5,17H2,1-3H3,(H,32,35)/t18-,27-/m0/s1. The molecule has 0 aromatic heterocycles. The first-order valence-electron chi connectivity index (χ1n) is 12.3. The number of hydrogen-bond acceptors (Lipinski definition) is 4. The van der Waals surface area contributed by atoms with E-state index in [0.29, 0.717) is 44.9 Å². The summed E-state index contributed by atoms with van der Waals surface area (Å²) in [5, 5.41) is 3.89. The van der Waals surface area contributed by atoms with Gasteiger partial charge in [-0.25, -0.2) is 0 Å². The van der Waals surface area contributed by atoms with Crippen molar-refractivity contribution >= 4 is 52.1 Å². The summed E-state index contributed by atoms with van der Waals surface area (Å²) < 4.78 is 5.47. The molecule has 0 unspecified atom stereocenters. The summed E-state index contributed by atoms with van der Waals surface area (Å²) in [7, 11) is 0. The van der Waals surface area contributed by atoms with Crippen LogP contribution in [-0.2, 0) is 9.59 Å². The van der Waals surface area contributed by atoms with Crippen LogP contribution in [0, 0.1) is 5.92 Å². The Labute approximate surface area is 227 Å². The van der Waals surface area contributed by atoms with E-state index in [0.717, 1.165) is 12.2 Å². The molecule has 37 heavy (non-hydrogen) atoms. The highest BCUT2D eigenvalue weighted by Gasteiger charge is 2.36. The van der Waals surface area contributed by atoms with Gasteiger partial charge in [0, 0.05) is 26.9 Å². The van der Waals surface area contributed by atoms with Crippen LogP contribution in [0.15, 0.2) is 71.7 Å². The average Bonchev–Trinajstić information content (AvgIpc) is 3.00. The van der Waals surface area contributed by atoms with Crippen molar-refractivity contribution in [3.63, 3.8) is 0 Å². The summed E-state index contributed by atoms with van der Waals surface area (Å²) in [5.74, 6) is 0.0745. The zero-order valence-electron chi connectivity index (χ0n) is 21.0. The lowest BCUT2D eigenvalue weighted by Crippen LogP contribution is -2.44. The van der Waals surface area contributed by atoms with Gasteiger partial charge in [-0.3, -0.25) is 14.6 Å². The number of nitrogens with one attached hydrogen (secondary N) is 1. The van der Waals surface area contributed by atoms with Crippen molar-refractivity contribution < 1.29 is 14.3 Å². The molecule has 192 valence electrons. The van der Waals surface area contributed by atoms with Crippen LogP contribution in [0.2, 0.25) is 10.0 Å². The molecule has 1 N–H and O–H groups in total. The zero-order chi connectivity index (χ0) is 26.5. The molecule has 1 heterocycles. The van der Waals surface area contributed by atoms with E-state index in [1.54, 1.807) is 48.5 Å². The lowest BCUT2D eigenvalue weighted by Gasteiger charge is -2.26. The van der Waals surface area contributed by atoms with E-state index in [2.05, 4.69) is 5.32 Å². The fraction of sp³-hybridized carbons (Fsp3) is 0.276. The number of fused-ring (bicyclic) bond motifs is 1. The van der Waals surface area contributed by atoms with Gasteiger partial charge in [0.25, 0.3) is 5.91 Å². The summed E-state index contributed by atoms with van der Waals surface area (Å²) in [5.41, 5.74) is 3.10. The SMILES string of the molecule is CCOc1ccc(NC(=O)CN2C(=O)[C@H]([C@@H](C)CC)N=C(c3ccccc3Cl)c3cc(Cl)ccc32)cc1. The van der Waals surface area contributed by atoms with Crippen LogP contribution in [0.4, 0.5) is 11.4 Å². The highest BCUT2D eigenvalue weighted by atomic mass is 35.5. The molecule has 2 amide bonds. The van der Waals surface area contributed by atoms with Gasteiger partial charge in [-0.2, -0.15) is 0 Å². The van der Waals surface area contributed by atoms with Crippen LogP contribution in [0.5, 0.6) is 5.75 Å². The van der Waals surface area contributed by atoms with Gasteiger partial charge in [0.1, 0.15) is 18.3 Å². The van der Waals surface area contributed by atoms with E-state index >= 15 is 0 Å². The van der Waals surface area contributed by atoms with Crippen molar-refractivity contribution in [3.05, 3.63) is 87.9 Å². The molecule has 0 saturated heterocycles. The van der Waals surface area contributed by atoms with Gasteiger partial charge >= 0.3 is 0 Å². The minimum Gasteiger partial charge on any atom is -0.494 e.